The minimum Gasteiger partial charge on any atom is -0.294 e. The lowest BCUT2D eigenvalue weighted by Crippen LogP contribution is -2.37. The van der Waals surface area contributed by atoms with Crippen molar-refractivity contribution in [2.45, 2.75) is 6.42 Å². The summed E-state index contributed by atoms with van der Waals surface area (Å²) in [6, 6.07) is 0.231. The topological polar surface area (TPSA) is 28.0 Å². The Kier molecular flexibility index (Phi) is 7.52. The van der Waals surface area contributed by atoms with E-state index >= 15 is 0 Å². The highest BCUT2D eigenvalue weighted by Gasteiger charge is 2.22. The number of hydrogen-bond acceptors (Lipinski definition) is 3. The summed E-state index contributed by atoms with van der Waals surface area (Å²) < 4.78 is 0. The van der Waals surface area contributed by atoms with Gasteiger partial charge in [-0.3, -0.25) is 14.9 Å². The van der Waals surface area contributed by atoms with E-state index in [4.69, 9.17) is 23.2 Å². The average Bonchev–Trinajstić information content (AvgIpc) is 2.47. The maximum absolute atomic E-state index is 6.12. The molecule has 1 saturated heterocycles. The number of nitrogens with zero attached hydrogens (tertiary/aromatic N) is 3. The third kappa shape index (κ3) is 4.75. The van der Waals surface area contributed by atoms with Crippen LogP contribution in [0.1, 0.15) is 6.42 Å². The van der Waals surface area contributed by atoms with Gasteiger partial charge in [-0.2, -0.15) is 0 Å². The van der Waals surface area contributed by atoms with Crippen molar-refractivity contribution in [2.75, 3.05) is 25.6 Å². The van der Waals surface area contributed by atoms with Crippen molar-refractivity contribution in [3.63, 3.8) is 0 Å². The number of aliphatic imine (C=N–C) groups is 2. The van der Waals surface area contributed by atoms with Crippen LogP contribution in [0.5, 0.6) is 0 Å². The van der Waals surface area contributed by atoms with E-state index in [0.717, 1.165) is 36.4 Å². The highest BCUT2D eigenvalue weighted by atomic mass is 35.5. The molecule has 1 heterocycles. The first-order valence-electron chi connectivity index (χ1n) is 6.27. The molecule has 0 bridgehead atoms. The second kappa shape index (κ2) is 8.90. The fourth-order valence-corrected chi connectivity index (χ4v) is 2.38. The lowest BCUT2D eigenvalue weighted by molar-refractivity contribution is 0.324. The van der Waals surface area contributed by atoms with Gasteiger partial charge in [-0.15, -0.1) is 11.6 Å². The zero-order valence-corrected chi connectivity index (χ0v) is 13.0. The van der Waals surface area contributed by atoms with E-state index in [1.807, 2.05) is 12.2 Å². The van der Waals surface area contributed by atoms with Crippen molar-refractivity contribution < 1.29 is 0 Å². The molecule has 0 saturated carbocycles. The molecule has 0 aromatic heterocycles. The standard InChI is InChI=1S/C15H19Cl2N3/c1-4-6-12(5-2)9-20-8-7-14(19-11-16)13(10-20)15(17)18-3/h4-6H,1-3,7-11H2/b12-6+,15-13-,19-14-. The minimum atomic E-state index is 0.231. The summed E-state index contributed by atoms with van der Waals surface area (Å²) in [4.78, 5) is 10.3. The van der Waals surface area contributed by atoms with Crippen LogP contribution in [-0.2, 0) is 0 Å². The van der Waals surface area contributed by atoms with Gasteiger partial charge in [0.15, 0.2) is 0 Å². The van der Waals surface area contributed by atoms with E-state index in [2.05, 4.69) is 34.8 Å². The Morgan fingerprint density at radius 1 is 1.40 bits per heavy atom. The molecule has 1 aliphatic rings. The molecule has 0 aliphatic carbocycles. The Bertz CT molecular complexity index is 476. The first-order valence-corrected chi connectivity index (χ1v) is 7.18. The molecule has 108 valence electrons. The highest BCUT2D eigenvalue weighted by molar-refractivity contribution is 6.32. The van der Waals surface area contributed by atoms with Crippen molar-refractivity contribution in [3.8, 4) is 0 Å². The van der Waals surface area contributed by atoms with Gasteiger partial charge in [0.1, 0.15) is 11.2 Å². The van der Waals surface area contributed by atoms with Crippen LogP contribution in [0.3, 0.4) is 0 Å². The molecule has 0 radical (unpaired) electrons. The van der Waals surface area contributed by atoms with E-state index in [1.54, 1.807) is 6.08 Å². The van der Waals surface area contributed by atoms with Crippen LogP contribution < -0.4 is 0 Å². The van der Waals surface area contributed by atoms with Crippen molar-refractivity contribution >= 4 is 35.6 Å². The summed E-state index contributed by atoms with van der Waals surface area (Å²) in [5.41, 5.74) is 2.93. The molecule has 0 aromatic rings. The molecular formula is C15H19Cl2N3. The van der Waals surface area contributed by atoms with E-state index in [9.17, 15) is 0 Å². The molecule has 0 spiro atoms. The van der Waals surface area contributed by atoms with Crippen LogP contribution in [0.2, 0.25) is 0 Å². The molecule has 5 heteroatoms. The van der Waals surface area contributed by atoms with Gasteiger partial charge in [-0.25, -0.2) is 0 Å². The van der Waals surface area contributed by atoms with Crippen LogP contribution in [-0.4, -0.2) is 43.0 Å². The zero-order valence-electron chi connectivity index (χ0n) is 11.5. The predicted molar refractivity (Wildman–Crippen MR) is 90.1 cm³/mol. The number of piperidine rings is 1. The van der Waals surface area contributed by atoms with Gasteiger partial charge in [0, 0.05) is 37.3 Å². The highest BCUT2D eigenvalue weighted by Crippen LogP contribution is 2.21. The monoisotopic (exact) mass is 311 g/mol. The van der Waals surface area contributed by atoms with Gasteiger partial charge in [-0.1, -0.05) is 43.0 Å². The maximum Gasteiger partial charge on any atom is 0.134 e. The quantitative estimate of drug-likeness (QED) is 0.317. The zero-order chi connectivity index (χ0) is 15.0. The van der Waals surface area contributed by atoms with Crippen molar-refractivity contribution in [1.29, 1.82) is 0 Å². The Hall–Kier alpha value is -1.16. The van der Waals surface area contributed by atoms with Crippen LogP contribution in [0.4, 0.5) is 0 Å². The summed E-state index contributed by atoms with van der Waals surface area (Å²) >= 11 is 11.8. The third-order valence-electron chi connectivity index (χ3n) is 3.03. The predicted octanol–water partition coefficient (Wildman–Crippen LogP) is 3.78. The molecule has 1 fully saturated rings. The number of alkyl halides is 1. The fraction of sp³-hybridized carbons (Fsp3) is 0.333. The molecule has 0 N–H and O–H groups in total. The van der Waals surface area contributed by atoms with Crippen LogP contribution in [0.15, 0.2) is 57.7 Å². The summed E-state index contributed by atoms with van der Waals surface area (Å²) in [5, 5.41) is 0.395. The Morgan fingerprint density at radius 3 is 2.70 bits per heavy atom. The normalized spacial score (nSPS) is 21.7. The second-order valence-electron chi connectivity index (χ2n) is 4.29. The van der Waals surface area contributed by atoms with E-state index < -0.39 is 0 Å². The van der Waals surface area contributed by atoms with E-state index in [1.165, 1.54) is 0 Å². The Balaban J connectivity index is 2.90. The molecular weight excluding hydrogens is 293 g/mol. The lowest BCUT2D eigenvalue weighted by atomic mass is 10.0. The Labute approximate surface area is 130 Å². The second-order valence-corrected chi connectivity index (χ2v) is 4.89. The summed E-state index contributed by atoms with van der Waals surface area (Å²) in [6.07, 6.45) is 6.34. The number of hydrogen-bond donors (Lipinski definition) is 0. The molecule has 0 aromatic carbocycles. The molecule has 0 unspecified atom stereocenters. The summed E-state index contributed by atoms with van der Waals surface area (Å²) in [6.45, 7) is 13.3. The van der Waals surface area contributed by atoms with E-state index in [0.29, 0.717) is 11.7 Å². The van der Waals surface area contributed by atoms with Crippen LogP contribution in [0, 0.1) is 0 Å². The summed E-state index contributed by atoms with van der Waals surface area (Å²) in [5.74, 6) is 0. The molecule has 3 nitrogen and oxygen atoms in total. The van der Waals surface area contributed by atoms with Crippen molar-refractivity contribution in [3.05, 3.63) is 47.7 Å². The number of likely N-dealkylation sites (tertiary alicyclic amines) is 1. The lowest BCUT2D eigenvalue weighted by Gasteiger charge is -2.30. The molecule has 20 heavy (non-hydrogen) atoms. The Morgan fingerprint density at radius 2 is 2.15 bits per heavy atom. The van der Waals surface area contributed by atoms with Crippen molar-refractivity contribution in [1.82, 2.24) is 4.90 Å². The summed E-state index contributed by atoms with van der Waals surface area (Å²) in [7, 11) is 0. The molecule has 0 atom stereocenters. The fourth-order valence-electron chi connectivity index (χ4n) is 2.07. The maximum atomic E-state index is 6.12. The largest absolute Gasteiger partial charge is 0.294 e. The molecule has 0 amide bonds. The van der Waals surface area contributed by atoms with Gasteiger partial charge >= 0.3 is 0 Å². The van der Waals surface area contributed by atoms with Gasteiger partial charge in [0.05, 0.1) is 0 Å². The third-order valence-corrected chi connectivity index (χ3v) is 3.50. The number of halogens is 2. The van der Waals surface area contributed by atoms with E-state index in [-0.39, 0.29) is 6.00 Å². The van der Waals surface area contributed by atoms with Gasteiger partial charge in [0.2, 0.25) is 0 Å². The molecule has 1 aliphatic heterocycles. The van der Waals surface area contributed by atoms with Crippen LogP contribution >= 0.6 is 23.2 Å². The smallest absolute Gasteiger partial charge is 0.134 e. The first kappa shape index (κ1) is 16.9. The number of rotatable bonds is 6. The SMILES string of the molecule is C=C/C=C(\C=C)CN1CCC(=N/CCl)/C(=C(/Cl)N=C)C1. The minimum absolute atomic E-state index is 0.231. The van der Waals surface area contributed by atoms with Gasteiger partial charge < -0.3 is 0 Å². The van der Waals surface area contributed by atoms with Gasteiger partial charge in [0.25, 0.3) is 0 Å². The number of allylic oxidation sites excluding steroid dienone is 2. The molecule has 1 rings (SSSR count). The van der Waals surface area contributed by atoms with Crippen molar-refractivity contribution in [2.24, 2.45) is 9.98 Å². The first-order chi connectivity index (χ1) is 9.65. The average molecular weight is 312 g/mol. The van der Waals surface area contributed by atoms with Crippen LogP contribution in [0.25, 0.3) is 0 Å². The van der Waals surface area contributed by atoms with Gasteiger partial charge in [-0.05, 0) is 12.3 Å².